The molecule has 1 atom stereocenters. The number of hydrogen-bond donors (Lipinski definition) is 0. The molecule has 0 spiro atoms. The normalized spacial score (nSPS) is 18.6. The zero-order valence-electron chi connectivity index (χ0n) is 14.6. The molecular weight excluding hydrogens is 340 g/mol. The molecule has 25 heavy (non-hydrogen) atoms. The molecule has 2 heterocycles. The van der Waals surface area contributed by atoms with Crippen molar-refractivity contribution in [2.75, 3.05) is 13.6 Å². The summed E-state index contributed by atoms with van der Waals surface area (Å²) in [4.78, 5) is 16.6. The first-order chi connectivity index (χ1) is 12.0. The highest BCUT2D eigenvalue weighted by atomic mass is 35.5. The minimum Gasteiger partial charge on any atom is -0.338 e. The SMILES string of the molecule is Cc1nonc1CN(C)C1CCC(=O)N(Cc2ccccc2Cl)CC1. The van der Waals surface area contributed by atoms with E-state index in [4.69, 9.17) is 16.2 Å². The fraction of sp³-hybridized carbons (Fsp3) is 0.500. The first-order valence-corrected chi connectivity index (χ1v) is 8.92. The van der Waals surface area contributed by atoms with E-state index in [1.165, 1.54) is 0 Å². The molecule has 1 saturated heterocycles. The molecule has 0 N–H and O–H groups in total. The van der Waals surface area contributed by atoms with Crippen molar-refractivity contribution in [1.82, 2.24) is 20.1 Å². The van der Waals surface area contributed by atoms with Gasteiger partial charge in [0, 0.05) is 37.1 Å². The predicted molar refractivity (Wildman–Crippen MR) is 95.0 cm³/mol. The maximum absolute atomic E-state index is 12.5. The number of benzene rings is 1. The monoisotopic (exact) mass is 362 g/mol. The molecule has 1 aromatic heterocycles. The van der Waals surface area contributed by atoms with Gasteiger partial charge in [0.15, 0.2) is 0 Å². The van der Waals surface area contributed by atoms with Crippen LogP contribution in [-0.4, -0.2) is 45.7 Å². The fourth-order valence-corrected chi connectivity index (χ4v) is 3.42. The number of nitrogens with zero attached hydrogens (tertiary/aromatic N) is 4. The number of aromatic nitrogens is 2. The van der Waals surface area contributed by atoms with Gasteiger partial charge in [0.2, 0.25) is 5.91 Å². The summed E-state index contributed by atoms with van der Waals surface area (Å²) in [6, 6.07) is 8.03. The van der Waals surface area contributed by atoms with Crippen LogP contribution in [0.25, 0.3) is 0 Å². The predicted octanol–water partition coefficient (Wildman–Crippen LogP) is 3.04. The molecule has 1 aliphatic heterocycles. The highest BCUT2D eigenvalue weighted by molar-refractivity contribution is 6.31. The molecule has 134 valence electrons. The van der Waals surface area contributed by atoms with Crippen LogP contribution in [0.5, 0.6) is 0 Å². The molecule has 0 radical (unpaired) electrons. The molecule has 0 aliphatic carbocycles. The zero-order valence-corrected chi connectivity index (χ0v) is 15.4. The van der Waals surface area contributed by atoms with Gasteiger partial charge >= 0.3 is 0 Å². The molecule has 1 amide bonds. The van der Waals surface area contributed by atoms with Gasteiger partial charge in [-0.2, -0.15) is 0 Å². The quantitative estimate of drug-likeness (QED) is 0.818. The Labute approximate surface area is 152 Å². The van der Waals surface area contributed by atoms with E-state index in [0.29, 0.717) is 30.6 Å². The minimum absolute atomic E-state index is 0.190. The van der Waals surface area contributed by atoms with E-state index in [1.54, 1.807) is 0 Å². The number of amides is 1. The van der Waals surface area contributed by atoms with E-state index in [9.17, 15) is 4.79 Å². The lowest BCUT2D eigenvalue weighted by atomic mass is 10.1. The first kappa shape index (κ1) is 17.9. The van der Waals surface area contributed by atoms with E-state index in [2.05, 4.69) is 22.3 Å². The van der Waals surface area contributed by atoms with E-state index < -0.39 is 0 Å². The molecule has 7 heteroatoms. The lowest BCUT2D eigenvalue weighted by Gasteiger charge is -2.26. The van der Waals surface area contributed by atoms with Crippen LogP contribution >= 0.6 is 11.6 Å². The Bertz CT molecular complexity index is 733. The number of likely N-dealkylation sites (tertiary alicyclic amines) is 1. The molecular formula is C18H23ClN4O2. The maximum Gasteiger partial charge on any atom is 0.222 e. The number of rotatable bonds is 5. The molecule has 0 bridgehead atoms. The van der Waals surface area contributed by atoms with Crippen molar-refractivity contribution < 1.29 is 9.42 Å². The Balaban J connectivity index is 1.61. The van der Waals surface area contributed by atoms with Gasteiger partial charge < -0.3 is 4.90 Å². The summed E-state index contributed by atoms with van der Waals surface area (Å²) in [5.74, 6) is 0.190. The summed E-state index contributed by atoms with van der Waals surface area (Å²) in [5, 5.41) is 8.48. The Morgan fingerprint density at radius 2 is 2.12 bits per heavy atom. The number of aryl methyl sites for hydroxylation is 1. The fourth-order valence-electron chi connectivity index (χ4n) is 3.22. The third-order valence-electron chi connectivity index (χ3n) is 4.86. The van der Waals surface area contributed by atoms with Crippen molar-refractivity contribution in [2.45, 2.75) is 45.3 Å². The third kappa shape index (κ3) is 4.38. The van der Waals surface area contributed by atoms with Gasteiger partial charge in [-0.25, -0.2) is 4.63 Å². The largest absolute Gasteiger partial charge is 0.338 e. The number of hydrogen-bond acceptors (Lipinski definition) is 5. The van der Waals surface area contributed by atoms with Gasteiger partial charge in [0.25, 0.3) is 0 Å². The van der Waals surface area contributed by atoms with Gasteiger partial charge in [-0.1, -0.05) is 40.1 Å². The van der Waals surface area contributed by atoms with Crippen LogP contribution in [-0.2, 0) is 17.9 Å². The second kappa shape index (κ2) is 7.97. The van der Waals surface area contributed by atoms with Crippen molar-refractivity contribution >= 4 is 17.5 Å². The van der Waals surface area contributed by atoms with Crippen LogP contribution in [0.1, 0.15) is 36.2 Å². The second-order valence-electron chi connectivity index (χ2n) is 6.60. The second-order valence-corrected chi connectivity index (χ2v) is 7.01. The van der Waals surface area contributed by atoms with Gasteiger partial charge in [-0.15, -0.1) is 0 Å². The third-order valence-corrected chi connectivity index (χ3v) is 5.23. The van der Waals surface area contributed by atoms with Gasteiger partial charge in [0.1, 0.15) is 11.4 Å². The number of carbonyl (C=O) groups excluding carboxylic acids is 1. The molecule has 0 saturated carbocycles. The Kier molecular flexibility index (Phi) is 5.71. The van der Waals surface area contributed by atoms with Crippen molar-refractivity contribution in [3.63, 3.8) is 0 Å². The van der Waals surface area contributed by atoms with Crippen molar-refractivity contribution in [3.8, 4) is 0 Å². The van der Waals surface area contributed by atoms with Crippen LogP contribution in [0.4, 0.5) is 0 Å². The highest BCUT2D eigenvalue weighted by Gasteiger charge is 2.26. The molecule has 1 aliphatic rings. The Morgan fingerprint density at radius 3 is 2.84 bits per heavy atom. The average Bonchev–Trinajstić information content (AvgIpc) is 2.90. The maximum atomic E-state index is 12.5. The van der Waals surface area contributed by atoms with Gasteiger partial charge in [0.05, 0.1) is 0 Å². The first-order valence-electron chi connectivity index (χ1n) is 8.54. The van der Waals surface area contributed by atoms with E-state index in [-0.39, 0.29) is 5.91 Å². The van der Waals surface area contributed by atoms with E-state index in [0.717, 1.165) is 36.3 Å². The van der Waals surface area contributed by atoms with Crippen LogP contribution in [0.15, 0.2) is 28.9 Å². The van der Waals surface area contributed by atoms with Crippen LogP contribution in [0.3, 0.4) is 0 Å². The summed E-state index contributed by atoms with van der Waals surface area (Å²) in [5.41, 5.74) is 2.66. The summed E-state index contributed by atoms with van der Waals surface area (Å²) < 4.78 is 4.77. The summed E-state index contributed by atoms with van der Waals surface area (Å²) in [6.07, 6.45) is 2.32. The zero-order chi connectivity index (χ0) is 17.8. The van der Waals surface area contributed by atoms with Gasteiger partial charge in [-0.3, -0.25) is 9.69 Å². The van der Waals surface area contributed by atoms with E-state index in [1.807, 2.05) is 36.1 Å². The smallest absolute Gasteiger partial charge is 0.222 e. The van der Waals surface area contributed by atoms with Crippen molar-refractivity contribution in [1.29, 1.82) is 0 Å². The van der Waals surface area contributed by atoms with Gasteiger partial charge in [-0.05, 0) is 38.4 Å². The molecule has 6 nitrogen and oxygen atoms in total. The lowest BCUT2D eigenvalue weighted by Crippen LogP contribution is -2.33. The molecule has 1 fully saturated rings. The van der Waals surface area contributed by atoms with Crippen molar-refractivity contribution in [3.05, 3.63) is 46.2 Å². The number of carbonyl (C=O) groups is 1. The average molecular weight is 363 g/mol. The minimum atomic E-state index is 0.190. The highest BCUT2D eigenvalue weighted by Crippen LogP contribution is 2.22. The van der Waals surface area contributed by atoms with Crippen LogP contribution in [0, 0.1) is 6.92 Å². The lowest BCUT2D eigenvalue weighted by molar-refractivity contribution is -0.131. The Morgan fingerprint density at radius 1 is 1.32 bits per heavy atom. The molecule has 3 rings (SSSR count). The summed E-state index contributed by atoms with van der Waals surface area (Å²) in [6.45, 7) is 3.87. The summed E-state index contributed by atoms with van der Waals surface area (Å²) in [7, 11) is 2.06. The topological polar surface area (TPSA) is 62.5 Å². The summed E-state index contributed by atoms with van der Waals surface area (Å²) >= 11 is 6.24. The molecule has 1 unspecified atom stereocenters. The number of halogens is 1. The van der Waals surface area contributed by atoms with Crippen LogP contribution in [0.2, 0.25) is 5.02 Å². The van der Waals surface area contributed by atoms with E-state index >= 15 is 0 Å². The Hall–Kier alpha value is -1.92. The van der Waals surface area contributed by atoms with Crippen molar-refractivity contribution in [2.24, 2.45) is 0 Å². The standard InChI is InChI=1S/C18H23ClN4O2/c1-13-17(21-25-20-13)12-22(2)15-7-8-18(24)23(10-9-15)11-14-5-3-4-6-16(14)19/h3-6,15H,7-12H2,1-2H3. The molecule has 1 aromatic carbocycles. The van der Waals surface area contributed by atoms with Crippen LogP contribution < -0.4 is 0 Å². The molecule has 2 aromatic rings.